The lowest BCUT2D eigenvalue weighted by atomic mass is 9.92. The molecule has 1 saturated carbocycles. The number of ether oxygens (including phenoxy) is 1. The molecule has 5 heteroatoms. The Bertz CT molecular complexity index is 437. The molecule has 2 N–H and O–H groups in total. The summed E-state index contributed by atoms with van der Waals surface area (Å²) in [6.07, 6.45) is 6.93. The van der Waals surface area contributed by atoms with Crippen LogP contribution in [0.4, 0.5) is 5.69 Å². The molecule has 0 aromatic heterocycles. The Morgan fingerprint density at radius 1 is 1.15 bits per heavy atom. The van der Waals surface area contributed by atoms with E-state index in [1.165, 1.54) is 37.8 Å². The lowest BCUT2D eigenvalue weighted by Gasteiger charge is -2.27. The fraction of sp³-hybridized carbons (Fsp3) is 0.600. The topological polar surface area (TPSA) is 78.4 Å². The maximum atomic E-state index is 10.6. The number of rotatable bonds is 5. The van der Waals surface area contributed by atoms with E-state index in [0.29, 0.717) is 13.2 Å². The van der Waals surface area contributed by atoms with E-state index in [-0.39, 0.29) is 11.2 Å². The molecule has 0 radical (unpaired) electrons. The van der Waals surface area contributed by atoms with Gasteiger partial charge in [-0.3, -0.25) is 10.1 Å². The number of nitrogens with zero attached hydrogens (tertiary/aromatic N) is 1. The zero-order chi connectivity index (χ0) is 14.4. The van der Waals surface area contributed by atoms with Crippen LogP contribution < -0.4 is 5.73 Å². The maximum Gasteiger partial charge on any atom is 0.269 e. The molecule has 0 bridgehead atoms. The molecule has 0 saturated heterocycles. The van der Waals surface area contributed by atoms with Gasteiger partial charge in [0.25, 0.3) is 5.69 Å². The summed E-state index contributed by atoms with van der Waals surface area (Å²) in [4.78, 5) is 10.2. The Balaban J connectivity index is 1.81. The average Bonchev–Trinajstić information content (AvgIpc) is 2.64. The van der Waals surface area contributed by atoms with E-state index in [4.69, 9.17) is 10.5 Å². The third kappa shape index (κ3) is 4.28. The van der Waals surface area contributed by atoms with Crippen molar-refractivity contribution < 1.29 is 9.66 Å². The van der Waals surface area contributed by atoms with Crippen LogP contribution in [-0.4, -0.2) is 17.1 Å². The van der Waals surface area contributed by atoms with Crippen LogP contribution in [0.5, 0.6) is 0 Å². The highest BCUT2D eigenvalue weighted by molar-refractivity contribution is 5.32. The molecule has 110 valence electrons. The Hall–Kier alpha value is -1.46. The van der Waals surface area contributed by atoms with Crippen LogP contribution in [0.1, 0.15) is 44.1 Å². The Morgan fingerprint density at radius 3 is 2.30 bits per heavy atom. The molecule has 1 aromatic rings. The lowest BCUT2D eigenvalue weighted by Crippen LogP contribution is -2.43. The highest BCUT2D eigenvalue weighted by atomic mass is 16.6. The molecule has 5 nitrogen and oxygen atoms in total. The third-order valence-corrected chi connectivity index (χ3v) is 3.90. The number of nitro groups is 1. The van der Waals surface area contributed by atoms with E-state index >= 15 is 0 Å². The van der Waals surface area contributed by atoms with Crippen molar-refractivity contribution in [2.75, 3.05) is 6.61 Å². The predicted molar refractivity (Wildman–Crippen MR) is 77.4 cm³/mol. The second-order valence-corrected chi connectivity index (χ2v) is 5.69. The first-order valence-corrected chi connectivity index (χ1v) is 7.19. The van der Waals surface area contributed by atoms with Gasteiger partial charge in [-0.1, -0.05) is 25.7 Å². The first-order chi connectivity index (χ1) is 9.59. The van der Waals surface area contributed by atoms with E-state index in [9.17, 15) is 10.1 Å². The Morgan fingerprint density at radius 2 is 1.75 bits per heavy atom. The summed E-state index contributed by atoms with van der Waals surface area (Å²) >= 11 is 0. The largest absolute Gasteiger partial charge is 0.375 e. The smallest absolute Gasteiger partial charge is 0.269 e. The van der Waals surface area contributed by atoms with Gasteiger partial charge in [-0.25, -0.2) is 0 Å². The van der Waals surface area contributed by atoms with Gasteiger partial charge in [0, 0.05) is 17.7 Å². The standard InChI is InChI=1S/C15H22N2O3/c16-15(9-3-1-2-4-10-15)12-20-11-13-5-7-14(8-6-13)17(18)19/h5-8H,1-4,9-12,16H2. The molecule has 0 unspecified atom stereocenters. The zero-order valence-corrected chi connectivity index (χ0v) is 11.7. The molecule has 0 heterocycles. The minimum absolute atomic E-state index is 0.104. The highest BCUT2D eigenvalue weighted by Gasteiger charge is 2.26. The highest BCUT2D eigenvalue weighted by Crippen LogP contribution is 2.25. The van der Waals surface area contributed by atoms with Gasteiger partial charge in [0.1, 0.15) is 0 Å². The van der Waals surface area contributed by atoms with Crippen LogP contribution in [0.25, 0.3) is 0 Å². The molecule has 2 rings (SSSR count). The molecule has 1 fully saturated rings. The van der Waals surface area contributed by atoms with Crippen molar-refractivity contribution in [1.29, 1.82) is 0 Å². The van der Waals surface area contributed by atoms with Crippen molar-refractivity contribution in [2.45, 2.75) is 50.7 Å². The van der Waals surface area contributed by atoms with Crippen LogP contribution in [0.3, 0.4) is 0 Å². The third-order valence-electron chi connectivity index (χ3n) is 3.90. The zero-order valence-electron chi connectivity index (χ0n) is 11.7. The number of nitrogens with two attached hydrogens (primary N) is 1. The fourth-order valence-corrected chi connectivity index (χ4v) is 2.66. The molecule has 0 amide bonds. The minimum atomic E-state index is -0.398. The van der Waals surface area contributed by atoms with E-state index < -0.39 is 4.92 Å². The van der Waals surface area contributed by atoms with Crippen molar-refractivity contribution in [1.82, 2.24) is 0 Å². The molecule has 0 atom stereocenters. The first-order valence-electron chi connectivity index (χ1n) is 7.19. The molecule has 0 aliphatic heterocycles. The monoisotopic (exact) mass is 278 g/mol. The summed E-state index contributed by atoms with van der Waals surface area (Å²) in [6, 6.07) is 6.47. The van der Waals surface area contributed by atoms with E-state index in [2.05, 4.69) is 0 Å². The molecule has 1 aliphatic rings. The van der Waals surface area contributed by atoms with Gasteiger partial charge in [-0.2, -0.15) is 0 Å². The maximum absolute atomic E-state index is 10.6. The summed E-state index contributed by atoms with van der Waals surface area (Å²) in [5, 5.41) is 10.6. The van der Waals surface area contributed by atoms with Crippen molar-refractivity contribution in [3.05, 3.63) is 39.9 Å². The van der Waals surface area contributed by atoms with Crippen LogP contribution in [-0.2, 0) is 11.3 Å². The number of non-ortho nitro benzene ring substituents is 1. The quantitative estimate of drug-likeness (QED) is 0.510. The Kier molecular flexibility index (Phi) is 5.09. The van der Waals surface area contributed by atoms with Gasteiger partial charge < -0.3 is 10.5 Å². The van der Waals surface area contributed by atoms with Crippen LogP contribution in [0.2, 0.25) is 0 Å². The summed E-state index contributed by atoms with van der Waals surface area (Å²) in [6.45, 7) is 1.01. The van der Waals surface area contributed by atoms with Crippen molar-refractivity contribution in [3.8, 4) is 0 Å². The SMILES string of the molecule is NC1(COCc2ccc([N+](=O)[O-])cc2)CCCCCC1. The second kappa shape index (κ2) is 6.81. The molecule has 1 aliphatic carbocycles. The second-order valence-electron chi connectivity index (χ2n) is 5.69. The fourth-order valence-electron chi connectivity index (χ4n) is 2.66. The molecular formula is C15H22N2O3. The van der Waals surface area contributed by atoms with Crippen LogP contribution >= 0.6 is 0 Å². The lowest BCUT2D eigenvalue weighted by molar-refractivity contribution is -0.384. The summed E-state index contributed by atoms with van der Waals surface area (Å²) in [7, 11) is 0. The normalized spacial score (nSPS) is 18.4. The summed E-state index contributed by atoms with van der Waals surface area (Å²) in [5.74, 6) is 0. The number of nitro benzene ring substituents is 1. The summed E-state index contributed by atoms with van der Waals surface area (Å²) < 4.78 is 5.72. The molecule has 0 spiro atoms. The van der Waals surface area contributed by atoms with Gasteiger partial charge >= 0.3 is 0 Å². The average molecular weight is 278 g/mol. The van der Waals surface area contributed by atoms with E-state index in [1.54, 1.807) is 12.1 Å². The van der Waals surface area contributed by atoms with Gasteiger partial charge in [-0.05, 0) is 30.5 Å². The van der Waals surface area contributed by atoms with Crippen molar-refractivity contribution in [3.63, 3.8) is 0 Å². The summed E-state index contributed by atoms with van der Waals surface area (Å²) in [5.41, 5.74) is 7.22. The first kappa shape index (κ1) is 14.9. The predicted octanol–water partition coefficient (Wildman–Crippen LogP) is 3.16. The van der Waals surface area contributed by atoms with E-state index in [1.807, 2.05) is 0 Å². The number of benzene rings is 1. The van der Waals surface area contributed by atoms with Crippen LogP contribution in [0, 0.1) is 10.1 Å². The van der Waals surface area contributed by atoms with Crippen molar-refractivity contribution >= 4 is 5.69 Å². The molecular weight excluding hydrogens is 256 g/mol. The molecule has 1 aromatic carbocycles. The number of hydrogen-bond acceptors (Lipinski definition) is 4. The number of hydrogen-bond donors (Lipinski definition) is 1. The van der Waals surface area contributed by atoms with Crippen LogP contribution in [0.15, 0.2) is 24.3 Å². The van der Waals surface area contributed by atoms with Gasteiger partial charge in [-0.15, -0.1) is 0 Å². The van der Waals surface area contributed by atoms with Crippen molar-refractivity contribution in [2.24, 2.45) is 5.73 Å². The van der Waals surface area contributed by atoms with Gasteiger partial charge in [0.05, 0.1) is 18.1 Å². The molecule has 20 heavy (non-hydrogen) atoms. The van der Waals surface area contributed by atoms with Gasteiger partial charge in [0.15, 0.2) is 0 Å². The minimum Gasteiger partial charge on any atom is -0.375 e. The van der Waals surface area contributed by atoms with E-state index in [0.717, 1.165) is 18.4 Å². The Labute approximate surface area is 119 Å². The van der Waals surface area contributed by atoms with Gasteiger partial charge in [0.2, 0.25) is 0 Å².